The third-order valence-electron chi connectivity index (χ3n) is 2.85. The van der Waals surface area contributed by atoms with Crippen LogP contribution in [0.4, 0.5) is 0 Å². The third kappa shape index (κ3) is 3.07. The summed E-state index contributed by atoms with van der Waals surface area (Å²) in [4.78, 5) is 11.4. The fourth-order valence-electron chi connectivity index (χ4n) is 1.77. The minimum absolute atomic E-state index is 0.172. The van der Waals surface area contributed by atoms with Gasteiger partial charge < -0.3 is 25.2 Å². The lowest BCUT2D eigenvalue weighted by molar-refractivity contribution is -0.00808. The van der Waals surface area contributed by atoms with E-state index in [0.717, 1.165) is 0 Å². The first-order valence-corrected chi connectivity index (χ1v) is 6.53. The number of aliphatic hydroxyl groups excluding tert-OH is 3. The Morgan fingerprint density at radius 2 is 1.84 bits per heavy atom. The molecule has 2 rings (SSSR count). The van der Waals surface area contributed by atoms with Crippen molar-refractivity contribution in [3.8, 4) is 0 Å². The average Bonchev–Trinajstić information content (AvgIpc) is 2.67. The molecule has 1 aliphatic rings. The summed E-state index contributed by atoms with van der Waals surface area (Å²) in [6.07, 6.45) is -3.02. The van der Waals surface area contributed by atoms with Crippen molar-refractivity contribution < 1.29 is 30.0 Å². The lowest BCUT2D eigenvalue weighted by Crippen LogP contribution is -2.33. The fraction of sp³-hybridized carbons (Fsp3) is 0.417. The Morgan fingerprint density at radius 3 is 2.32 bits per heavy atom. The first kappa shape index (κ1) is 14.3. The summed E-state index contributed by atoms with van der Waals surface area (Å²) >= 11 is 1.17. The molecule has 1 heterocycles. The van der Waals surface area contributed by atoms with Crippen LogP contribution in [0.25, 0.3) is 0 Å². The summed E-state index contributed by atoms with van der Waals surface area (Å²) in [6.45, 7) is -0.368. The standard InChI is InChI=1S/C12H14O6S/c13-5-8-9(14)10(15)12(18-8)19-7-3-1-6(2-4-7)11(16)17/h1-4,8-10,12-15H,5H2,(H,16,17)/t8-,9-,10+,12-/m0/s1. The molecule has 1 saturated heterocycles. The topological polar surface area (TPSA) is 107 Å². The fourth-order valence-corrected chi connectivity index (χ4v) is 2.83. The summed E-state index contributed by atoms with van der Waals surface area (Å²) in [5.74, 6) is -1.01. The van der Waals surface area contributed by atoms with Gasteiger partial charge in [-0.25, -0.2) is 4.79 Å². The van der Waals surface area contributed by atoms with Crippen LogP contribution in [-0.4, -0.2) is 56.8 Å². The minimum Gasteiger partial charge on any atom is -0.478 e. The number of aliphatic hydroxyl groups is 3. The van der Waals surface area contributed by atoms with Crippen molar-refractivity contribution in [1.29, 1.82) is 0 Å². The second-order valence-corrected chi connectivity index (χ2v) is 5.33. The molecule has 0 aliphatic carbocycles. The van der Waals surface area contributed by atoms with Crippen LogP contribution in [0.5, 0.6) is 0 Å². The van der Waals surface area contributed by atoms with Crippen molar-refractivity contribution in [3.05, 3.63) is 29.8 Å². The molecule has 1 aromatic rings. The van der Waals surface area contributed by atoms with Crippen LogP contribution in [0.2, 0.25) is 0 Å². The van der Waals surface area contributed by atoms with E-state index in [0.29, 0.717) is 4.90 Å². The van der Waals surface area contributed by atoms with Gasteiger partial charge in [0.25, 0.3) is 0 Å². The molecule has 1 aromatic carbocycles. The zero-order valence-electron chi connectivity index (χ0n) is 9.84. The molecule has 0 radical (unpaired) electrons. The highest BCUT2D eigenvalue weighted by molar-refractivity contribution is 7.99. The second kappa shape index (κ2) is 5.89. The molecule has 6 nitrogen and oxygen atoms in total. The van der Waals surface area contributed by atoms with E-state index in [9.17, 15) is 15.0 Å². The van der Waals surface area contributed by atoms with E-state index in [2.05, 4.69) is 0 Å². The zero-order chi connectivity index (χ0) is 14.0. The molecule has 19 heavy (non-hydrogen) atoms. The number of rotatable bonds is 4. The molecule has 0 saturated carbocycles. The third-order valence-corrected chi connectivity index (χ3v) is 4.02. The van der Waals surface area contributed by atoms with Gasteiger partial charge in [-0.1, -0.05) is 11.8 Å². The van der Waals surface area contributed by atoms with Crippen molar-refractivity contribution in [1.82, 2.24) is 0 Å². The van der Waals surface area contributed by atoms with Gasteiger partial charge in [-0.2, -0.15) is 0 Å². The van der Waals surface area contributed by atoms with Gasteiger partial charge in [-0.15, -0.1) is 0 Å². The number of carboxylic acids is 1. The Balaban J connectivity index is 2.03. The molecule has 4 atom stereocenters. The van der Waals surface area contributed by atoms with Crippen LogP contribution in [0.3, 0.4) is 0 Å². The van der Waals surface area contributed by atoms with Gasteiger partial charge in [0.15, 0.2) is 0 Å². The van der Waals surface area contributed by atoms with E-state index in [1.54, 1.807) is 12.1 Å². The van der Waals surface area contributed by atoms with Gasteiger partial charge in [0.05, 0.1) is 12.2 Å². The van der Waals surface area contributed by atoms with E-state index in [4.69, 9.17) is 14.9 Å². The molecular formula is C12H14O6S. The quantitative estimate of drug-likeness (QED) is 0.613. The van der Waals surface area contributed by atoms with E-state index < -0.39 is 29.7 Å². The van der Waals surface area contributed by atoms with Crippen molar-refractivity contribution in [3.63, 3.8) is 0 Å². The average molecular weight is 286 g/mol. The maximum Gasteiger partial charge on any atom is 0.335 e. The molecule has 4 N–H and O–H groups in total. The summed E-state index contributed by atoms with van der Waals surface area (Å²) in [6, 6.07) is 6.10. The highest BCUT2D eigenvalue weighted by Gasteiger charge is 2.42. The number of thioether (sulfide) groups is 1. The highest BCUT2D eigenvalue weighted by atomic mass is 32.2. The van der Waals surface area contributed by atoms with Gasteiger partial charge in [0.2, 0.25) is 0 Å². The number of benzene rings is 1. The first-order chi connectivity index (χ1) is 9.02. The molecule has 7 heteroatoms. The van der Waals surface area contributed by atoms with Crippen molar-refractivity contribution in [2.45, 2.75) is 28.6 Å². The minimum atomic E-state index is -1.12. The highest BCUT2D eigenvalue weighted by Crippen LogP contribution is 2.34. The Bertz CT molecular complexity index is 448. The van der Waals surface area contributed by atoms with Crippen LogP contribution in [0, 0.1) is 0 Å². The lowest BCUT2D eigenvalue weighted by Gasteiger charge is -2.13. The van der Waals surface area contributed by atoms with Crippen LogP contribution in [0.1, 0.15) is 10.4 Å². The molecule has 0 unspecified atom stereocenters. The summed E-state index contributed by atoms with van der Waals surface area (Å²) in [5.41, 5.74) is -0.520. The molecule has 0 spiro atoms. The maximum atomic E-state index is 10.7. The number of hydrogen-bond acceptors (Lipinski definition) is 6. The summed E-state index contributed by atoms with van der Waals surface area (Å²) in [7, 11) is 0. The second-order valence-electron chi connectivity index (χ2n) is 4.15. The van der Waals surface area contributed by atoms with Crippen molar-refractivity contribution >= 4 is 17.7 Å². The molecule has 104 valence electrons. The predicted molar refractivity (Wildman–Crippen MR) is 67.0 cm³/mol. The van der Waals surface area contributed by atoms with E-state index in [-0.39, 0.29) is 12.2 Å². The van der Waals surface area contributed by atoms with Crippen LogP contribution >= 0.6 is 11.8 Å². The SMILES string of the molecule is O=C(O)c1ccc(S[C@@H]2O[C@@H](CO)[C@H](O)[C@H]2O)cc1. The Morgan fingerprint density at radius 1 is 1.21 bits per heavy atom. The van der Waals surface area contributed by atoms with E-state index in [1.165, 1.54) is 23.9 Å². The Labute approximate surface area is 113 Å². The first-order valence-electron chi connectivity index (χ1n) is 5.65. The van der Waals surface area contributed by atoms with Crippen LogP contribution in [-0.2, 0) is 4.74 Å². The number of carbonyl (C=O) groups is 1. The number of aromatic carboxylic acids is 1. The van der Waals surface area contributed by atoms with E-state index in [1.807, 2.05) is 0 Å². The molecule has 1 aliphatic heterocycles. The van der Waals surface area contributed by atoms with Gasteiger partial charge >= 0.3 is 5.97 Å². The van der Waals surface area contributed by atoms with Gasteiger partial charge in [0, 0.05) is 4.90 Å². The van der Waals surface area contributed by atoms with Gasteiger partial charge in [-0.3, -0.25) is 0 Å². The number of hydrogen-bond donors (Lipinski definition) is 4. The summed E-state index contributed by atoms with van der Waals surface area (Å²) in [5, 5.41) is 37.1. The molecule has 0 aromatic heterocycles. The number of ether oxygens (including phenoxy) is 1. The monoisotopic (exact) mass is 286 g/mol. The van der Waals surface area contributed by atoms with Gasteiger partial charge in [0.1, 0.15) is 23.7 Å². The molecule has 1 fully saturated rings. The molecule has 0 bridgehead atoms. The lowest BCUT2D eigenvalue weighted by atomic mass is 10.2. The van der Waals surface area contributed by atoms with Crippen LogP contribution in [0.15, 0.2) is 29.2 Å². The number of carboxylic acid groups (broad SMARTS) is 1. The van der Waals surface area contributed by atoms with E-state index >= 15 is 0 Å². The Kier molecular flexibility index (Phi) is 4.43. The summed E-state index contributed by atoms with van der Waals surface area (Å²) < 4.78 is 5.31. The predicted octanol–water partition coefficient (Wildman–Crippen LogP) is -0.0841. The normalized spacial score (nSPS) is 30.5. The zero-order valence-corrected chi connectivity index (χ0v) is 10.7. The van der Waals surface area contributed by atoms with Crippen molar-refractivity contribution in [2.24, 2.45) is 0 Å². The molecular weight excluding hydrogens is 272 g/mol. The smallest absolute Gasteiger partial charge is 0.335 e. The van der Waals surface area contributed by atoms with Crippen LogP contribution < -0.4 is 0 Å². The molecule has 0 amide bonds. The Hall–Kier alpha value is -1.12. The largest absolute Gasteiger partial charge is 0.478 e. The maximum absolute atomic E-state index is 10.7. The van der Waals surface area contributed by atoms with Crippen molar-refractivity contribution in [2.75, 3.05) is 6.61 Å². The van der Waals surface area contributed by atoms with Gasteiger partial charge in [-0.05, 0) is 24.3 Å².